The van der Waals surface area contributed by atoms with Gasteiger partial charge in [-0.05, 0) is 49.4 Å². The second-order valence-corrected chi connectivity index (χ2v) is 6.25. The summed E-state index contributed by atoms with van der Waals surface area (Å²) in [6.45, 7) is 5.07. The molecule has 0 atom stereocenters. The van der Waals surface area contributed by atoms with E-state index in [0.717, 1.165) is 24.1 Å². The van der Waals surface area contributed by atoms with Crippen molar-refractivity contribution < 1.29 is 14.4 Å². The van der Waals surface area contributed by atoms with Gasteiger partial charge in [0, 0.05) is 25.2 Å². The third kappa shape index (κ3) is 3.06. The Labute approximate surface area is 135 Å². The molecule has 1 aromatic rings. The summed E-state index contributed by atoms with van der Waals surface area (Å²) in [6, 6.07) is 3.70. The summed E-state index contributed by atoms with van der Waals surface area (Å²) < 4.78 is 0. The van der Waals surface area contributed by atoms with Crippen molar-refractivity contribution in [2.45, 2.75) is 33.1 Å². The lowest BCUT2D eigenvalue weighted by atomic mass is 9.95. The first-order valence-corrected chi connectivity index (χ1v) is 7.95. The molecule has 0 aliphatic carbocycles. The fraction of sp³-hybridized carbons (Fsp3) is 0.471. The van der Waals surface area contributed by atoms with E-state index < -0.39 is 6.03 Å². The van der Waals surface area contributed by atoms with Crippen LogP contribution in [0.15, 0.2) is 12.1 Å². The van der Waals surface area contributed by atoms with Gasteiger partial charge in [0.2, 0.25) is 11.8 Å². The number of hydrogen-bond donors (Lipinski definition) is 1. The van der Waals surface area contributed by atoms with Crippen molar-refractivity contribution >= 4 is 23.5 Å². The molecule has 122 valence electrons. The van der Waals surface area contributed by atoms with E-state index in [0.29, 0.717) is 13.1 Å². The Hall–Kier alpha value is -2.37. The van der Waals surface area contributed by atoms with Crippen LogP contribution in [0.1, 0.15) is 29.5 Å². The highest BCUT2D eigenvalue weighted by atomic mass is 16.2. The van der Waals surface area contributed by atoms with Gasteiger partial charge in [-0.1, -0.05) is 6.07 Å². The predicted octanol–water partition coefficient (Wildman–Crippen LogP) is 1.52. The predicted molar refractivity (Wildman–Crippen MR) is 86.3 cm³/mol. The first-order chi connectivity index (χ1) is 11.0. The van der Waals surface area contributed by atoms with E-state index in [9.17, 15) is 14.4 Å². The maximum Gasteiger partial charge on any atom is 0.324 e. The molecular formula is C17H21N3O3. The van der Waals surface area contributed by atoms with Crippen LogP contribution >= 0.6 is 0 Å². The number of nitrogens with one attached hydrogen (secondary N) is 1. The first kappa shape index (κ1) is 15.5. The van der Waals surface area contributed by atoms with E-state index in [1.165, 1.54) is 16.0 Å². The van der Waals surface area contributed by atoms with Gasteiger partial charge in [-0.2, -0.15) is 0 Å². The average Bonchev–Trinajstić information content (AvgIpc) is 2.49. The number of imide groups is 1. The van der Waals surface area contributed by atoms with Crippen molar-refractivity contribution in [3.8, 4) is 0 Å². The van der Waals surface area contributed by atoms with Gasteiger partial charge in [0.05, 0.1) is 0 Å². The van der Waals surface area contributed by atoms with Crippen molar-refractivity contribution in [3.63, 3.8) is 0 Å². The molecule has 23 heavy (non-hydrogen) atoms. The van der Waals surface area contributed by atoms with Crippen LogP contribution in [0, 0.1) is 13.8 Å². The zero-order valence-corrected chi connectivity index (χ0v) is 13.5. The molecule has 0 radical (unpaired) electrons. The van der Waals surface area contributed by atoms with Crippen molar-refractivity contribution in [1.29, 1.82) is 0 Å². The monoisotopic (exact) mass is 315 g/mol. The van der Waals surface area contributed by atoms with E-state index in [1.54, 1.807) is 4.90 Å². The SMILES string of the molecule is Cc1cc(C)c2c(c1)N(C(=O)CN1CCC(=O)NC1=O)CCC2. The molecule has 1 saturated heterocycles. The lowest BCUT2D eigenvalue weighted by Crippen LogP contribution is -2.53. The lowest BCUT2D eigenvalue weighted by molar-refractivity contribution is -0.124. The molecule has 0 unspecified atom stereocenters. The van der Waals surface area contributed by atoms with Crippen LogP contribution in [0.25, 0.3) is 0 Å². The zero-order chi connectivity index (χ0) is 16.6. The Morgan fingerprint density at radius 1 is 1.17 bits per heavy atom. The number of urea groups is 1. The third-order valence-corrected chi connectivity index (χ3v) is 4.46. The number of benzene rings is 1. The summed E-state index contributed by atoms with van der Waals surface area (Å²) in [5.41, 5.74) is 4.52. The Kier molecular flexibility index (Phi) is 4.07. The molecule has 4 amide bonds. The standard InChI is InChI=1S/C17H21N3O3/c1-11-8-12(2)13-4-3-6-20(14(13)9-11)16(22)10-19-7-5-15(21)18-17(19)23/h8-9H,3-7,10H2,1-2H3,(H,18,21,23). The molecule has 1 fully saturated rings. The Morgan fingerprint density at radius 3 is 2.70 bits per heavy atom. The molecule has 1 aromatic carbocycles. The van der Waals surface area contributed by atoms with Gasteiger partial charge in [0.1, 0.15) is 6.54 Å². The number of hydrogen-bond acceptors (Lipinski definition) is 3. The van der Waals surface area contributed by atoms with E-state index in [4.69, 9.17) is 0 Å². The topological polar surface area (TPSA) is 69.7 Å². The van der Waals surface area contributed by atoms with E-state index >= 15 is 0 Å². The molecule has 6 nitrogen and oxygen atoms in total. The smallest absolute Gasteiger partial charge is 0.315 e. The zero-order valence-electron chi connectivity index (χ0n) is 13.5. The fourth-order valence-corrected chi connectivity index (χ4v) is 3.33. The van der Waals surface area contributed by atoms with Gasteiger partial charge in [0.15, 0.2) is 0 Å². The van der Waals surface area contributed by atoms with Crippen molar-refractivity contribution in [2.24, 2.45) is 0 Å². The molecule has 2 aliphatic rings. The second-order valence-electron chi connectivity index (χ2n) is 6.25. The van der Waals surface area contributed by atoms with Crippen LogP contribution in [0.4, 0.5) is 10.5 Å². The Balaban J connectivity index is 1.79. The number of carbonyl (C=O) groups excluding carboxylic acids is 3. The van der Waals surface area contributed by atoms with Gasteiger partial charge in [-0.3, -0.25) is 14.9 Å². The van der Waals surface area contributed by atoms with Crippen LogP contribution in [-0.4, -0.2) is 42.4 Å². The molecule has 2 aliphatic heterocycles. The van der Waals surface area contributed by atoms with Gasteiger partial charge < -0.3 is 9.80 Å². The van der Waals surface area contributed by atoms with Gasteiger partial charge in [0.25, 0.3) is 0 Å². The Bertz CT molecular complexity index is 684. The van der Waals surface area contributed by atoms with Crippen molar-refractivity contribution in [1.82, 2.24) is 10.2 Å². The Morgan fingerprint density at radius 2 is 1.96 bits per heavy atom. The third-order valence-electron chi connectivity index (χ3n) is 4.46. The molecular weight excluding hydrogens is 294 g/mol. The van der Waals surface area contributed by atoms with E-state index in [2.05, 4.69) is 18.3 Å². The summed E-state index contributed by atoms with van der Waals surface area (Å²) in [4.78, 5) is 38.9. The summed E-state index contributed by atoms with van der Waals surface area (Å²) in [7, 11) is 0. The van der Waals surface area contributed by atoms with Gasteiger partial charge >= 0.3 is 6.03 Å². The number of rotatable bonds is 2. The highest BCUT2D eigenvalue weighted by molar-refractivity contribution is 6.01. The first-order valence-electron chi connectivity index (χ1n) is 7.95. The molecule has 0 spiro atoms. The lowest BCUT2D eigenvalue weighted by Gasteiger charge is -2.33. The van der Waals surface area contributed by atoms with Crippen LogP contribution in [0.3, 0.4) is 0 Å². The van der Waals surface area contributed by atoms with Crippen LogP contribution < -0.4 is 10.2 Å². The molecule has 1 N–H and O–H groups in total. The molecule has 0 bridgehead atoms. The van der Waals surface area contributed by atoms with Gasteiger partial charge in [-0.25, -0.2) is 4.79 Å². The van der Waals surface area contributed by atoms with Crippen LogP contribution in [0.2, 0.25) is 0 Å². The highest BCUT2D eigenvalue weighted by Gasteiger charge is 2.29. The maximum atomic E-state index is 12.7. The highest BCUT2D eigenvalue weighted by Crippen LogP contribution is 2.31. The molecule has 0 aromatic heterocycles. The molecule has 6 heteroatoms. The largest absolute Gasteiger partial charge is 0.324 e. The number of fused-ring (bicyclic) bond motifs is 1. The molecule has 3 rings (SSSR count). The van der Waals surface area contributed by atoms with E-state index in [1.807, 2.05) is 13.0 Å². The fourth-order valence-electron chi connectivity index (χ4n) is 3.33. The van der Waals surface area contributed by atoms with E-state index in [-0.39, 0.29) is 24.8 Å². The second kappa shape index (κ2) is 6.02. The number of amides is 4. The summed E-state index contributed by atoms with van der Waals surface area (Å²) in [5.74, 6) is -0.381. The van der Waals surface area contributed by atoms with Crippen molar-refractivity contribution in [3.05, 3.63) is 28.8 Å². The average molecular weight is 315 g/mol. The summed E-state index contributed by atoms with van der Waals surface area (Å²) >= 11 is 0. The minimum absolute atomic E-state index is 0.00550. The summed E-state index contributed by atoms with van der Waals surface area (Å²) in [6.07, 6.45) is 2.14. The van der Waals surface area contributed by atoms with Crippen LogP contribution in [0.5, 0.6) is 0 Å². The number of aryl methyl sites for hydroxylation is 2. The van der Waals surface area contributed by atoms with Crippen molar-refractivity contribution in [2.75, 3.05) is 24.5 Å². The minimum Gasteiger partial charge on any atom is -0.315 e. The van der Waals surface area contributed by atoms with Crippen LogP contribution in [-0.2, 0) is 16.0 Å². The minimum atomic E-state index is -0.479. The molecule has 2 heterocycles. The molecule has 0 saturated carbocycles. The quantitative estimate of drug-likeness (QED) is 0.899. The normalized spacial score (nSPS) is 17.8. The summed E-state index contributed by atoms with van der Waals surface area (Å²) in [5, 5.41) is 2.25. The van der Waals surface area contributed by atoms with Gasteiger partial charge in [-0.15, -0.1) is 0 Å². The number of nitrogens with zero attached hydrogens (tertiary/aromatic N) is 2. The maximum absolute atomic E-state index is 12.7. The number of carbonyl (C=O) groups is 3. The number of anilines is 1.